The number of hydrogen-bond donors (Lipinski definition) is 8. The molecule has 21 nitrogen and oxygen atoms in total. The lowest BCUT2D eigenvalue weighted by Crippen LogP contribution is -2.63. The van der Waals surface area contributed by atoms with E-state index in [4.69, 9.17) is 36.8 Å². The van der Waals surface area contributed by atoms with Crippen LogP contribution in [0.15, 0.2) is 54.9 Å². The molecule has 2 amide bonds. The van der Waals surface area contributed by atoms with Gasteiger partial charge in [0.05, 0.1) is 72.5 Å². The summed E-state index contributed by atoms with van der Waals surface area (Å²) in [6.07, 6.45) is 11.3. The van der Waals surface area contributed by atoms with Crippen LogP contribution in [0.2, 0.25) is 0 Å². The average Bonchev–Trinajstić information content (AvgIpc) is 1.67. The van der Waals surface area contributed by atoms with E-state index in [2.05, 4.69) is 44.2 Å². The molecular weight excluding hydrogens is 1100 g/mol. The first-order valence-corrected chi connectivity index (χ1v) is 31.6. The number of aliphatic hydroxyl groups is 5. The predicted molar refractivity (Wildman–Crippen MR) is 326 cm³/mol. The minimum Gasteiger partial charge on any atom is -0.467 e. The van der Waals surface area contributed by atoms with Crippen LogP contribution in [0, 0.1) is 28.6 Å². The number of anilines is 2. The number of likely N-dealkylation sites (tertiary alicyclic amines) is 1. The highest BCUT2D eigenvalue weighted by Crippen LogP contribution is 2.55. The number of ether oxygens (including phenoxy) is 3. The Morgan fingerprint density at radius 2 is 1.73 bits per heavy atom. The quantitative estimate of drug-likeness (QED) is 0.0228. The van der Waals surface area contributed by atoms with Crippen molar-refractivity contribution in [2.24, 2.45) is 28.6 Å². The van der Waals surface area contributed by atoms with E-state index in [9.17, 15) is 30.3 Å². The minimum absolute atomic E-state index is 0.0109. The second-order valence-corrected chi connectivity index (χ2v) is 26.7. The fourth-order valence-corrected chi connectivity index (χ4v) is 14.6. The number of amides is 2. The summed E-state index contributed by atoms with van der Waals surface area (Å²) in [7, 11) is 1.56. The second-order valence-electron chi connectivity index (χ2n) is 26.2. The van der Waals surface area contributed by atoms with Gasteiger partial charge < -0.3 is 54.9 Å². The van der Waals surface area contributed by atoms with Crippen LogP contribution in [0.25, 0.3) is 22.2 Å². The minimum atomic E-state index is -3.56. The lowest BCUT2D eigenvalue weighted by atomic mass is 9.55. The molecule has 0 bridgehead atoms. The maximum Gasteiger partial charge on any atom is 0.310 e. The molecule has 0 radical (unpaired) electrons. The number of hydrogen-bond acceptors (Lipinski definition) is 19. The lowest BCUT2D eigenvalue weighted by Gasteiger charge is -2.56. The Balaban J connectivity index is 1.07. The van der Waals surface area contributed by atoms with Crippen molar-refractivity contribution in [1.82, 2.24) is 40.1 Å². The van der Waals surface area contributed by atoms with E-state index in [1.807, 2.05) is 57.2 Å². The van der Waals surface area contributed by atoms with Crippen LogP contribution >= 0.6 is 12.6 Å². The molecule has 7 heterocycles. The van der Waals surface area contributed by atoms with Crippen LogP contribution in [0.1, 0.15) is 122 Å². The number of piperazine rings is 1. The van der Waals surface area contributed by atoms with Crippen molar-refractivity contribution in [3.05, 3.63) is 71.8 Å². The van der Waals surface area contributed by atoms with Gasteiger partial charge >= 0.3 is 5.91 Å². The van der Waals surface area contributed by atoms with Crippen molar-refractivity contribution in [2.45, 2.75) is 141 Å². The molecule has 5 atom stereocenters. The number of pyridine rings is 2. The van der Waals surface area contributed by atoms with Gasteiger partial charge in [0.15, 0.2) is 0 Å². The number of fused-ring (bicyclic) bond motifs is 1. The van der Waals surface area contributed by atoms with E-state index >= 15 is 9.59 Å². The third-order valence-corrected chi connectivity index (χ3v) is 19.4. The zero-order valence-corrected chi connectivity index (χ0v) is 51.5. The molecule has 3 aromatic heterocycles. The Hall–Kier alpha value is -4.98. The van der Waals surface area contributed by atoms with E-state index in [1.165, 1.54) is 12.8 Å². The standard InChI is InChI=1S/C63H92N10O11S/c1-41(2)56(71-21-11-13-53(71)51-12-7-8-19-64-51)58(76)67-55(59(77)72-22-10-9-20-66-72)47(43-32-61(33-43)38-83-39-61)18-23-68(28-29-85)45-16-17-52-48(30-45)50(34-60(4,5)37-84-40-75)57(73(52)63(80,81)62(78,79)36-74)49-31-46(35-65-54(49)42(3)82-6)70-26-24-69(25-27-70)44-14-15-44/h7-8,12,16-17,19,30-31,35,40-44,47,53,55-56,66,74,78-81,85H,9-11,13-15,18,20-29,32-34,36-39H2,1-6H3,(H,67,76)/t42?,47?,53-,55?,56?/m1/s1. The smallest absolute Gasteiger partial charge is 0.310 e. The zero-order chi connectivity index (χ0) is 60.4. The van der Waals surface area contributed by atoms with E-state index in [0.29, 0.717) is 86.3 Å². The van der Waals surface area contributed by atoms with Crippen LogP contribution in [0.4, 0.5) is 11.4 Å². The van der Waals surface area contributed by atoms with Crippen LogP contribution in [0.5, 0.6) is 0 Å². The number of hydrazine groups is 1. The van der Waals surface area contributed by atoms with Crippen LogP contribution in [-0.2, 0) is 40.9 Å². The molecule has 466 valence electrons. The Morgan fingerprint density at radius 1 is 0.965 bits per heavy atom. The first-order valence-electron chi connectivity index (χ1n) is 30.9. The summed E-state index contributed by atoms with van der Waals surface area (Å²) in [5.41, 5.74) is 6.87. The Bertz CT molecular complexity index is 2930. The Labute approximate surface area is 505 Å². The monoisotopic (exact) mass is 1200 g/mol. The highest BCUT2D eigenvalue weighted by molar-refractivity contribution is 7.80. The molecule has 4 aliphatic heterocycles. The van der Waals surface area contributed by atoms with E-state index in [1.54, 1.807) is 30.6 Å². The predicted octanol–water partition coefficient (Wildman–Crippen LogP) is 4.74. The van der Waals surface area contributed by atoms with Crippen LogP contribution < -0.4 is 20.5 Å². The van der Waals surface area contributed by atoms with Crippen LogP contribution in [0.3, 0.4) is 0 Å². The summed E-state index contributed by atoms with van der Waals surface area (Å²) >= 11 is 4.81. The number of nitrogens with zero attached hydrogens (tertiary/aromatic N) is 8. The number of benzene rings is 1. The Kier molecular flexibility index (Phi) is 19.6. The average molecular weight is 1200 g/mol. The SMILES string of the molecule is COC(C)c1ncc(N2CCN(C3CC3)CC2)cc1-c1c(CC(C)(C)COC=O)c2cc(N(CCS)CCC(C3CC4(COC4)C3)C(NC(=O)C(C(C)C)N3CCC[C@@H]3c3ccccn3)C(=O)N3CCCCN3)ccc2n1C(O)(O)C(O)(O)CO. The van der Waals surface area contributed by atoms with Gasteiger partial charge in [-0.2, -0.15) is 12.6 Å². The van der Waals surface area contributed by atoms with Gasteiger partial charge in [0.1, 0.15) is 12.6 Å². The highest BCUT2D eigenvalue weighted by Gasteiger charge is 2.55. The van der Waals surface area contributed by atoms with Gasteiger partial charge in [0.2, 0.25) is 5.91 Å². The molecule has 4 saturated heterocycles. The molecule has 7 N–H and O–H groups in total. The fourth-order valence-electron chi connectivity index (χ4n) is 14.4. The first-order chi connectivity index (χ1) is 40.7. The maximum atomic E-state index is 15.4. The normalized spacial score (nSPS) is 21.4. The maximum absolute atomic E-state index is 15.4. The van der Waals surface area contributed by atoms with Crippen molar-refractivity contribution in [3.63, 3.8) is 0 Å². The number of nitrogens with one attached hydrogen (secondary N) is 2. The van der Waals surface area contributed by atoms with E-state index in [-0.39, 0.29) is 65.3 Å². The summed E-state index contributed by atoms with van der Waals surface area (Å²) < 4.78 is 18.2. The lowest BCUT2D eigenvalue weighted by molar-refractivity contribution is -0.406. The number of methoxy groups -OCH3 is 1. The molecule has 85 heavy (non-hydrogen) atoms. The summed E-state index contributed by atoms with van der Waals surface area (Å²) in [5.74, 6) is -7.21. The molecule has 10 rings (SSSR count). The molecule has 22 heteroatoms. The third-order valence-electron chi connectivity index (χ3n) is 19.2. The topological polar surface area (TPSA) is 251 Å². The number of carbonyl (C=O) groups excluding carboxylic acids is 3. The molecule has 6 fully saturated rings. The van der Waals surface area contributed by atoms with Gasteiger partial charge in [0.25, 0.3) is 18.2 Å². The number of rotatable bonds is 27. The molecule has 4 aromatic rings. The summed E-state index contributed by atoms with van der Waals surface area (Å²) in [5, 5.41) is 64.0. The third kappa shape index (κ3) is 13.3. The molecule has 1 aromatic carbocycles. The largest absolute Gasteiger partial charge is 0.467 e. The molecule has 2 saturated carbocycles. The summed E-state index contributed by atoms with van der Waals surface area (Å²) in [6, 6.07) is 12.5. The number of carbonyl (C=O) groups is 3. The number of thiol groups is 1. The van der Waals surface area contributed by atoms with Gasteiger partial charge in [-0.1, -0.05) is 33.8 Å². The first kappa shape index (κ1) is 63.1. The number of aromatic nitrogens is 3. The van der Waals surface area contributed by atoms with Crippen LogP contribution in [-0.4, -0.2) is 195 Å². The molecule has 6 aliphatic rings. The molecule has 2 aliphatic carbocycles. The van der Waals surface area contributed by atoms with E-state index in [0.717, 1.165) is 92.9 Å². The Morgan fingerprint density at radius 3 is 2.35 bits per heavy atom. The van der Waals surface area contributed by atoms with Crippen molar-refractivity contribution in [2.75, 3.05) is 108 Å². The summed E-state index contributed by atoms with van der Waals surface area (Å²) in [4.78, 5) is 61.5. The second kappa shape index (κ2) is 26.4. The zero-order valence-electron chi connectivity index (χ0n) is 50.6. The number of aliphatic hydroxyl groups excluding tert-OH is 1. The molecule has 1 spiro atoms. The molecule has 4 unspecified atom stereocenters. The van der Waals surface area contributed by atoms with Crippen molar-refractivity contribution >= 4 is 53.2 Å². The van der Waals surface area contributed by atoms with Gasteiger partial charge in [0, 0.05) is 105 Å². The van der Waals surface area contributed by atoms with Gasteiger partial charge in [-0.05, 0) is 137 Å². The fraction of sp³-hybridized carbons (Fsp3) is 0.667. The van der Waals surface area contributed by atoms with E-state index < -0.39 is 41.9 Å². The van der Waals surface area contributed by atoms with Crippen molar-refractivity contribution in [1.29, 1.82) is 0 Å². The van der Waals surface area contributed by atoms with Gasteiger partial charge in [-0.15, -0.1) is 0 Å². The highest BCUT2D eigenvalue weighted by atomic mass is 32.1. The van der Waals surface area contributed by atoms with Crippen molar-refractivity contribution in [3.8, 4) is 11.3 Å². The van der Waals surface area contributed by atoms with Gasteiger partial charge in [-0.25, -0.2) is 5.43 Å². The van der Waals surface area contributed by atoms with Gasteiger partial charge in [-0.3, -0.25) is 43.7 Å². The van der Waals surface area contributed by atoms with Crippen molar-refractivity contribution < 1.29 is 54.1 Å². The molecular formula is C63H92N10O11S. The summed E-state index contributed by atoms with van der Waals surface area (Å²) in [6.45, 7) is 16.1.